The van der Waals surface area contributed by atoms with Crippen LogP contribution in [0.5, 0.6) is 0 Å². The number of hydrogen-bond acceptors (Lipinski definition) is 0. The molecule has 0 radical (unpaired) electrons. The van der Waals surface area contributed by atoms with Gasteiger partial charge in [0.2, 0.25) is 0 Å². The Bertz CT molecular complexity index is 133. The summed E-state index contributed by atoms with van der Waals surface area (Å²) in [5.74, 6) is 0.981. The quantitative estimate of drug-likeness (QED) is 0.497. The molecular weight excluding hydrogens is 156 g/mol. The fourth-order valence-electron chi connectivity index (χ4n) is 2.46. The van der Waals surface area contributed by atoms with Crippen LogP contribution < -0.4 is 0 Å². The average molecular weight is 182 g/mol. The average Bonchev–Trinajstić information content (AvgIpc) is 2.86. The highest BCUT2D eigenvalue weighted by Crippen LogP contribution is 2.53. The molecule has 1 saturated carbocycles. The third-order valence-corrected chi connectivity index (χ3v) is 3.79. The van der Waals surface area contributed by atoms with E-state index in [4.69, 9.17) is 0 Å². The summed E-state index contributed by atoms with van der Waals surface area (Å²) in [7, 11) is 0. The lowest BCUT2D eigenvalue weighted by Gasteiger charge is -2.18. The fourth-order valence-corrected chi connectivity index (χ4v) is 2.46. The highest BCUT2D eigenvalue weighted by molar-refractivity contribution is 4.92. The summed E-state index contributed by atoms with van der Waals surface area (Å²) in [5.41, 5.74) is 0.811. The summed E-state index contributed by atoms with van der Waals surface area (Å²) in [6, 6.07) is 0. The molecule has 0 N–H and O–H groups in total. The number of rotatable bonds is 7. The molecular formula is C13H26. The van der Waals surface area contributed by atoms with Crippen LogP contribution in [0, 0.1) is 11.3 Å². The zero-order valence-corrected chi connectivity index (χ0v) is 9.73. The molecule has 0 bridgehead atoms. The minimum Gasteiger partial charge on any atom is -0.0654 e. The zero-order valence-electron chi connectivity index (χ0n) is 9.73. The van der Waals surface area contributed by atoms with Crippen molar-refractivity contribution < 1.29 is 0 Å². The van der Waals surface area contributed by atoms with Crippen molar-refractivity contribution in [3.63, 3.8) is 0 Å². The van der Waals surface area contributed by atoms with Gasteiger partial charge in [-0.15, -0.1) is 0 Å². The topological polar surface area (TPSA) is 0 Å². The summed E-state index contributed by atoms with van der Waals surface area (Å²) >= 11 is 0. The zero-order chi connectivity index (χ0) is 9.73. The van der Waals surface area contributed by atoms with Gasteiger partial charge in [0.1, 0.15) is 0 Å². The Morgan fingerprint density at radius 2 is 1.85 bits per heavy atom. The van der Waals surface area contributed by atoms with E-state index in [0.29, 0.717) is 0 Å². The van der Waals surface area contributed by atoms with E-state index in [1.54, 1.807) is 0 Å². The highest BCUT2D eigenvalue weighted by atomic mass is 14.5. The summed E-state index contributed by atoms with van der Waals surface area (Å²) in [6.07, 6.45) is 11.7. The van der Waals surface area contributed by atoms with Gasteiger partial charge in [-0.25, -0.2) is 0 Å². The molecule has 1 atom stereocenters. The van der Waals surface area contributed by atoms with E-state index < -0.39 is 0 Å². The number of hydrogen-bond donors (Lipinski definition) is 0. The molecule has 1 aliphatic rings. The van der Waals surface area contributed by atoms with Crippen molar-refractivity contribution in [3.05, 3.63) is 0 Å². The van der Waals surface area contributed by atoms with Crippen LogP contribution in [-0.2, 0) is 0 Å². The van der Waals surface area contributed by atoms with Gasteiger partial charge in [0.25, 0.3) is 0 Å². The lowest BCUT2D eigenvalue weighted by molar-refractivity contribution is 0.338. The van der Waals surface area contributed by atoms with Crippen molar-refractivity contribution in [2.45, 2.75) is 72.1 Å². The van der Waals surface area contributed by atoms with Crippen molar-refractivity contribution in [2.75, 3.05) is 0 Å². The van der Waals surface area contributed by atoms with Gasteiger partial charge >= 0.3 is 0 Å². The lowest BCUT2D eigenvalue weighted by atomic mass is 9.88. The molecule has 13 heavy (non-hydrogen) atoms. The molecule has 0 spiro atoms. The second-order valence-electron chi connectivity index (χ2n) is 5.16. The van der Waals surface area contributed by atoms with Crippen LogP contribution in [-0.4, -0.2) is 0 Å². The van der Waals surface area contributed by atoms with Gasteiger partial charge in [-0.05, 0) is 30.6 Å². The minimum atomic E-state index is 0.811. The van der Waals surface area contributed by atoms with Gasteiger partial charge in [0.15, 0.2) is 0 Å². The lowest BCUT2D eigenvalue weighted by Crippen LogP contribution is -2.06. The van der Waals surface area contributed by atoms with Crippen molar-refractivity contribution in [2.24, 2.45) is 11.3 Å². The van der Waals surface area contributed by atoms with Gasteiger partial charge in [0.05, 0.1) is 0 Å². The van der Waals surface area contributed by atoms with Crippen LogP contribution in [0.15, 0.2) is 0 Å². The predicted octanol–water partition coefficient (Wildman–Crippen LogP) is 4.78. The Balaban J connectivity index is 2.07. The molecule has 0 heterocycles. The minimum absolute atomic E-state index is 0.811. The summed E-state index contributed by atoms with van der Waals surface area (Å²) in [6.45, 7) is 7.11. The third-order valence-electron chi connectivity index (χ3n) is 3.79. The van der Waals surface area contributed by atoms with Gasteiger partial charge in [-0.3, -0.25) is 0 Å². The molecule has 1 rings (SSSR count). The van der Waals surface area contributed by atoms with Crippen LogP contribution in [0.4, 0.5) is 0 Å². The van der Waals surface area contributed by atoms with Crippen LogP contribution in [0.25, 0.3) is 0 Å². The van der Waals surface area contributed by atoms with Crippen molar-refractivity contribution in [1.29, 1.82) is 0 Å². The van der Waals surface area contributed by atoms with E-state index in [0.717, 1.165) is 11.3 Å². The van der Waals surface area contributed by atoms with E-state index in [1.807, 2.05) is 0 Å². The first-order valence-corrected chi connectivity index (χ1v) is 6.22. The molecule has 0 saturated heterocycles. The molecule has 0 nitrogen and oxygen atoms in total. The monoisotopic (exact) mass is 182 g/mol. The SMILES string of the molecule is CCCCCC(C)CC1(CC)CC1. The maximum absolute atomic E-state index is 2.45. The predicted molar refractivity (Wildman–Crippen MR) is 59.9 cm³/mol. The maximum Gasteiger partial charge on any atom is -0.0297 e. The van der Waals surface area contributed by atoms with Gasteiger partial charge < -0.3 is 0 Å². The summed E-state index contributed by atoms with van der Waals surface area (Å²) < 4.78 is 0. The fraction of sp³-hybridized carbons (Fsp3) is 1.00. The standard InChI is InChI=1S/C13H26/c1-4-6-7-8-12(3)11-13(5-2)9-10-13/h12H,4-11H2,1-3H3. The van der Waals surface area contributed by atoms with Crippen molar-refractivity contribution >= 4 is 0 Å². The van der Waals surface area contributed by atoms with Gasteiger partial charge in [-0.2, -0.15) is 0 Å². The first kappa shape index (κ1) is 11.1. The normalized spacial score (nSPS) is 21.5. The van der Waals surface area contributed by atoms with E-state index in [2.05, 4.69) is 20.8 Å². The molecule has 0 amide bonds. The van der Waals surface area contributed by atoms with E-state index >= 15 is 0 Å². The van der Waals surface area contributed by atoms with Crippen LogP contribution >= 0.6 is 0 Å². The van der Waals surface area contributed by atoms with Crippen molar-refractivity contribution in [1.82, 2.24) is 0 Å². The molecule has 1 aliphatic carbocycles. The van der Waals surface area contributed by atoms with Crippen molar-refractivity contribution in [3.8, 4) is 0 Å². The first-order valence-electron chi connectivity index (χ1n) is 6.22. The van der Waals surface area contributed by atoms with Crippen LogP contribution in [0.2, 0.25) is 0 Å². The maximum atomic E-state index is 2.45. The van der Waals surface area contributed by atoms with Crippen LogP contribution in [0.3, 0.4) is 0 Å². The van der Waals surface area contributed by atoms with Crippen LogP contribution in [0.1, 0.15) is 72.1 Å². The van der Waals surface area contributed by atoms with E-state index in [9.17, 15) is 0 Å². The largest absolute Gasteiger partial charge is 0.0654 e. The Hall–Kier alpha value is 0. The summed E-state index contributed by atoms with van der Waals surface area (Å²) in [4.78, 5) is 0. The summed E-state index contributed by atoms with van der Waals surface area (Å²) in [5, 5.41) is 0. The third kappa shape index (κ3) is 3.70. The molecule has 1 unspecified atom stereocenters. The molecule has 1 fully saturated rings. The van der Waals surface area contributed by atoms with Gasteiger partial charge in [-0.1, -0.05) is 52.9 Å². The second-order valence-corrected chi connectivity index (χ2v) is 5.16. The highest BCUT2D eigenvalue weighted by Gasteiger charge is 2.40. The molecule has 0 heteroatoms. The second kappa shape index (κ2) is 5.02. The van der Waals surface area contributed by atoms with E-state index in [-0.39, 0.29) is 0 Å². The Labute approximate surface area is 84.1 Å². The molecule has 0 aromatic carbocycles. The Morgan fingerprint density at radius 3 is 2.31 bits per heavy atom. The Morgan fingerprint density at radius 1 is 1.15 bits per heavy atom. The smallest absolute Gasteiger partial charge is 0.0297 e. The number of unbranched alkanes of at least 4 members (excludes halogenated alkanes) is 2. The molecule has 0 aromatic heterocycles. The van der Waals surface area contributed by atoms with Gasteiger partial charge in [0, 0.05) is 0 Å². The first-order chi connectivity index (χ1) is 6.22. The molecule has 78 valence electrons. The Kier molecular flexibility index (Phi) is 4.28. The molecule has 0 aliphatic heterocycles. The van der Waals surface area contributed by atoms with E-state index in [1.165, 1.54) is 51.4 Å². The molecule has 0 aromatic rings.